The van der Waals surface area contributed by atoms with Gasteiger partial charge in [-0.2, -0.15) is 0 Å². The van der Waals surface area contributed by atoms with Crippen LogP contribution in [0.25, 0.3) is 0 Å². The first-order valence-electron chi connectivity index (χ1n) is 6.29. The smallest absolute Gasteiger partial charge is 0.219 e. The summed E-state index contributed by atoms with van der Waals surface area (Å²) in [6.07, 6.45) is 2.39. The van der Waals surface area contributed by atoms with Crippen molar-refractivity contribution in [3.05, 3.63) is 0 Å². The molecule has 3 saturated heterocycles. The van der Waals surface area contributed by atoms with E-state index in [4.69, 9.17) is 4.74 Å². The number of nitrogens with one attached hydrogen (secondary N) is 1. The van der Waals surface area contributed by atoms with E-state index in [1.54, 1.807) is 6.92 Å². The maximum absolute atomic E-state index is 11.7. The molecule has 1 N–H and O–H groups in total. The lowest BCUT2D eigenvalue weighted by Gasteiger charge is -2.37. The maximum Gasteiger partial charge on any atom is 0.219 e. The Bertz CT molecular complexity index is 305. The molecule has 1 spiro atoms. The molecule has 98 valence electrons. The van der Waals surface area contributed by atoms with E-state index in [1.165, 1.54) is 12.8 Å². The van der Waals surface area contributed by atoms with E-state index in [9.17, 15) is 4.79 Å². The molecule has 0 unspecified atom stereocenters. The largest absolute Gasteiger partial charge is 0.379 e. The van der Waals surface area contributed by atoms with Crippen molar-refractivity contribution in [2.45, 2.75) is 25.8 Å². The summed E-state index contributed by atoms with van der Waals surface area (Å²) in [6.45, 7) is 6.44. The normalized spacial score (nSPS) is 34.5. The Morgan fingerprint density at radius 1 is 1.35 bits per heavy atom. The minimum Gasteiger partial charge on any atom is -0.379 e. The fourth-order valence-corrected chi connectivity index (χ4v) is 3.81. The lowest BCUT2D eigenvalue weighted by Crippen LogP contribution is -2.43. The third kappa shape index (κ3) is 1.96. The van der Waals surface area contributed by atoms with Crippen molar-refractivity contribution in [1.29, 1.82) is 0 Å². The van der Waals surface area contributed by atoms with Gasteiger partial charge in [0, 0.05) is 19.4 Å². The molecule has 0 aromatic rings. The zero-order valence-electron chi connectivity index (χ0n) is 10.3. The first-order valence-corrected chi connectivity index (χ1v) is 6.29. The number of rotatable bonds is 0. The van der Waals surface area contributed by atoms with Crippen LogP contribution in [0.15, 0.2) is 0 Å². The quantitative estimate of drug-likeness (QED) is 0.696. The highest BCUT2D eigenvalue weighted by atomic mass is 35.5. The number of carbonyl (C=O) groups excluding carboxylic acids is 1. The second-order valence-electron chi connectivity index (χ2n) is 5.47. The lowest BCUT2D eigenvalue weighted by atomic mass is 9.70. The molecule has 3 aliphatic rings. The van der Waals surface area contributed by atoms with Crippen molar-refractivity contribution >= 4 is 18.3 Å². The Morgan fingerprint density at radius 3 is 2.71 bits per heavy atom. The highest BCUT2D eigenvalue weighted by molar-refractivity contribution is 5.85. The molecular weight excluding hydrogens is 240 g/mol. The first kappa shape index (κ1) is 13.1. The summed E-state index contributed by atoms with van der Waals surface area (Å²) in [7, 11) is 0. The number of carbonyl (C=O) groups is 1. The minimum atomic E-state index is 0. The van der Waals surface area contributed by atoms with Crippen molar-refractivity contribution in [1.82, 2.24) is 10.2 Å². The van der Waals surface area contributed by atoms with Gasteiger partial charge in [-0.1, -0.05) is 0 Å². The van der Waals surface area contributed by atoms with Gasteiger partial charge in [0.05, 0.1) is 19.3 Å². The van der Waals surface area contributed by atoms with Gasteiger partial charge in [0.1, 0.15) is 0 Å². The molecule has 1 amide bonds. The highest BCUT2D eigenvalue weighted by Gasteiger charge is 2.55. The second kappa shape index (κ2) is 4.75. The number of fused-ring (bicyclic) bond motifs is 2. The summed E-state index contributed by atoms with van der Waals surface area (Å²) in [5.41, 5.74) is 0.345. The average Bonchev–Trinajstić information content (AvgIpc) is 2.84. The molecule has 3 rings (SSSR count). The van der Waals surface area contributed by atoms with Gasteiger partial charge in [-0.05, 0) is 31.3 Å². The van der Waals surface area contributed by atoms with Crippen LogP contribution in [-0.2, 0) is 9.53 Å². The van der Waals surface area contributed by atoms with Crippen LogP contribution in [0.3, 0.4) is 0 Å². The fraction of sp³-hybridized carbons (Fsp3) is 0.917. The Labute approximate surface area is 108 Å². The van der Waals surface area contributed by atoms with Crippen molar-refractivity contribution in [2.75, 3.05) is 32.8 Å². The number of hydrogen-bond acceptors (Lipinski definition) is 3. The van der Waals surface area contributed by atoms with E-state index >= 15 is 0 Å². The van der Waals surface area contributed by atoms with Crippen molar-refractivity contribution in [2.24, 2.45) is 11.3 Å². The predicted molar refractivity (Wildman–Crippen MR) is 67.3 cm³/mol. The van der Waals surface area contributed by atoms with E-state index < -0.39 is 0 Å². The maximum atomic E-state index is 11.7. The second-order valence-corrected chi connectivity index (χ2v) is 5.47. The first-order chi connectivity index (χ1) is 7.73. The number of hydrogen-bond donors (Lipinski definition) is 1. The molecule has 0 bridgehead atoms. The van der Waals surface area contributed by atoms with E-state index in [1.807, 2.05) is 0 Å². The molecule has 0 radical (unpaired) electrons. The van der Waals surface area contributed by atoms with Gasteiger partial charge in [0.15, 0.2) is 0 Å². The van der Waals surface area contributed by atoms with Crippen LogP contribution < -0.4 is 5.32 Å². The summed E-state index contributed by atoms with van der Waals surface area (Å²) < 4.78 is 5.61. The van der Waals surface area contributed by atoms with E-state index in [0.29, 0.717) is 17.4 Å². The van der Waals surface area contributed by atoms with Gasteiger partial charge in [-0.3, -0.25) is 4.79 Å². The molecule has 0 aromatic carbocycles. The average molecular weight is 261 g/mol. The zero-order chi connectivity index (χ0) is 11.2. The van der Waals surface area contributed by atoms with Crippen LogP contribution >= 0.6 is 12.4 Å². The van der Waals surface area contributed by atoms with Gasteiger partial charge in [0.2, 0.25) is 5.91 Å². The van der Waals surface area contributed by atoms with Crippen LogP contribution in [-0.4, -0.2) is 49.7 Å². The van der Waals surface area contributed by atoms with E-state index in [0.717, 1.165) is 32.8 Å². The third-order valence-electron chi connectivity index (χ3n) is 4.73. The Morgan fingerprint density at radius 2 is 2.06 bits per heavy atom. The summed E-state index contributed by atoms with van der Waals surface area (Å²) >= 11 is 0. The molecule has 4 nitrogen and oxygen atoms in total. The summed E-state index contributed by atoms with van der Waals surface area (Å²) in [6, 6.07) is 0.357. The van der Waals surface area contributed by atoms with Gasteiger partial charge < -0.3 is 15.0 Å². The molecule has 5 heteroatoms. The van der Waals surface area contributed by atoms with E-state index in [2.05, 4.69) is 10.2 Å². The van der Waals surface area contributed by atoms with Gasteiger partial charge in [0.25, 0.3) is 0 Å². The third-order valence-corrected chi connectivity index (χ3v) is 4.73. The standard InChI is InChI=1S/C12H20N2O2.ClH/c1-9(15)14-8-12(2-4-13-5-3-12)10-6-16-7-11(10)14;/h10-11,13H,2-8H2,1H3;1H/t10-,11+;/m0./s1. The lowest BCUT2D eigenvalue weighted by molar-refractivity contribution is -0.130. The van der Waals surface area contributed by atoms with Crippen LogP contribution in [0.5, 0.6) is 0 Å². The Hall–Kier alpha value is -0.320. The minimum absolute atomic E-state index is 0. The van der Waals surface area contributed by atoms with Crippen molar-refractivity contribution in [3.8, 4) is 0 Å². The molecular formula is C12H21ClN2O2. The van der Waals surface area contributed by atoms with Crippen LogP contribution in [0, 0.1) is 11.3 Å². The van der Waals surface area contributed by atoms with Gasteiger partial charge in [-0.15, -0.1) is 12.4 Å². The number of halogens is 1. The van der Waals surface area contributed by atoms with Crippen molar-refractivity contribution in [3.63, 3.8) is 0 Å². The summed E-state index contributed by atoms with van der Waals surface area (Å²) in [5, 5.41) is 3.42. The van der Waals surface area contributed by atoms with Gasteiger partial charge in [-0.25, -0.2) is 0 Å². The van der Waals surface area contributed by atoms with Crippen molar-refractivity contribution < 1.29 is 9.53 Å². The predicted octanol–water partition coefficient (Wildman–Crippen LogP) is 0.655. The Balaban J connectivity index is 0.00000108. The van der Waals surface area contributed by atoms with Gasteiger partial charge >= 0.3 is 0 Å². The topological polar surface area (TPSA) is 41.6 Å². The molecule has 0 saturated carbocycles. The zero-order valence-corrected chi connectivity index (χ0v) is 11.1. The van der Waals surface area contributed by atoms with Crippen LogP contribution in [0.1, 0.15) is 19.8 Å². The van der Waals surface area contributed by atoms with Crippen LogP contribution in [0.2, 0.25) is 0 Å². The molecule has 3 fully saturated rings. The highest BCUT2D eigenvalue weighted by Crippen LogP contribution is 2.49. The molecule has 0 aromatic heterocycles. The molecule has 3 heterocycles. The molecule has 2 atom stereocenters. The monoisotopic (exact) mass is 260 g/mol. The number of amides is 1. The number of likely N-dealkylation sites (tertiary alicyclic amines) is 1. The number of nitrogens with zero attached hydrogens (tertiary/aromatic N) is 1. The summed E-state index contributed by atoms with van der Waals surface area (Å²) in [4.78, 5) is 13.7. The number of piperidine rings is 1. The fourth-order valence-electron chi connectivity index (χ4n) is 3.81. The molecule has 0 aliphatic carbocycles. The molecule has 17 heavy (non-hydrogen) atoms. The number of ether oxygens (including phenoxy) is 1. The molecule has 3 aliphatic heterocycles. The Kier molecular flexibility index (Phi) is 3.66. The summed E-state index contributed by atoms with van der Waals surface area (Å²) in [5.74, 6) is 0.800. The SMILES string of the molecule is CC(=O)N1CC2(CCNCC2)[C@H]2COC[C@H]21.Cl. The van der Waals surface area contributed by atoms with Crippen LogP contribution in [0.4, 0.5) is 0 Å². The van der Waals surface area contributed by atoms with E-state index in [-0.39, 0.29) is 18.3 Å².